The van der Waals surface area contributed by atoms with Crippen LogP contribution in [-0.2, 0) is 29.6 Å². The summed E-state index contributed by atoms with van der Waals surface area (Å²) < 4.78 is 66.7. The fraction of sp³-hybridized carbons (Fsp3) is 0.483. The van der Waals surface area contributed by atoms with Crippen molar-refractivity contribution in [1.82, 2.24) is 14.3 Å². The highest BCUT2D eigenvalue weighted by atomic mass is 32.2. The summed E-state index contributed by atoms with van der Waals surface area (Å²) in [4.78, 5) is 12.6. The number of rotatable bonds is 12. The number of nitrogens with one attached hydrogen (secondary N) is 2. The normalized spacial score (nSPS) is 22.6. The molecule has 2 aromatic carbocycles. The van der Waals surface area contributed by atoms with E-state index in [1.54, 1.807) is 36.4 Å². The van der Waals surface area contributed by atoms with Gasteiger partial charge in [-0.1, -0.05) is 24.3 Å². The van der Waals surface area contributed by atoms with E-state index in [4.69, 9.17) is 9.47 Å². The van der Waals surface area contributed by atoms with E-state index >= 15 is 0 Å². The molecule has 2 fully saturated rings. The zero-order chi connectivity index (χ0) is 32.4. The number of anilines is 1. The van der Waals surface area contributed by atoms with Crippen LogP contribution in [0.3, 0.4) is 0 Å². The Labute approximate surface area is 262 Å². The summed E-state index contributed by atoms with van der Waals surface area (Å²) in [7, 11) is -6.42. The topological polar surface area (TPSA) is 195 Å². The summed E-state index contributed by atoms with van der Waals surface area (Å²) in [6.45, 7) is 0.409. The maximum atomic E-state index is 13.7. The number of hydrogen-bond acceptors (Lipinski definition) is 11. The quantitative estimate of drug-likeness (QED) is 0.209. The second-order valence-corrected chi connectivity index (χ2v) is 15.2. The number of sulfonamides is 2. The van der Waals surface area contributed by atoms with Crippen molar-refractivity contribution in [2.75, 3.05) is 51.3 Å². The van der Waals surface area contributed by atoms with Gasteiger partial charge in [-0.25, -0.2) is 21.6 Å². The number of para-hydroxylation sites is 1. The Morgan fingerprint density at radius 1 is 1.13 bits per heavy atom. The standard InChI is InChI=1S/C29H38N4O10S2/c1-30-44(38,39)23-6-4-5-22(13-23)42-19-21(34)15-31-20-14-29(43-18-20)9-11-33(12-10-29)45(40,41)26-16-32(17-27(35)36)25-8-3-2-7-24(25)28(26)37/h2-8,13,16,20-21,28,30-31,34,37H,9-12,14-15,17-19H2,1H3,(H,35,36)/t20-,21+,28?/m1/s1. The molecule has 3 heterocycles. The Morgan fingerprint density at radius 2 is 1.87 bits per heavy atom. The number of carboxylic acids is 1. The van der Waals surface area contributed by atoms with Crippen LogP contribution in [0.25, 0.3) is 0 Å². The minimum absolute atomic E-state index is 0.0551. The lowest BCUT2D eigenvalue weighted by Crippen LogP contribution is -2.48. The van der Waals surface area contributed by atoms with Gasteiger partial charge in [0.25, 0.3) is 0 Å². The molecule has 14 nitrogen and oxygen atoms in total. The zero-order valence-electron chi connectivity index (χ0n) is 24.7. The molecule has 0 amide bonds. The zero-order valence-corrected chi connectivity index (χ0v) is 26.3. The SMILES string of the molecule is CNS(=O)(=O)c1cccc(OC[C@@H](O)CN[C@H]2COC3(CCN(S(=O)(=O)C4=CN(CC(=O)O)c5ccccc5C4O)CC3)C2)c1. The first-order chi connectivity index (χ1) is 21.3. The van der Waals surface area contributed by atoms with Crippen molar-refractivity contribution in [2.45, 2.75) is 48.0 Å². The third-order valence-corrected chi connectivity index (χ3v) is 11.7. The average molecular weight is 667 g/mol. The summed E-state index contributed by atoms with van der Waals surface area (Å²) in [6.07, 6.45) is 0.386. The van der Waals surface area contributed by atoms with Crippen LogP contribution in [-0.4, -0.2) is 107 Å². The molecule has 5 N–H and O–H groups in total. The van der Waals surface area contributed by atoms with Gasteiger partial charge in [-0.15, -0.1) is 0 Å². The van der Waals surface area contributed by atoms with E-state index in [0.717, 1.165) is 0 Å². The molecule has 45 heavy (non-hydrogen) atoms. The van der Waals surface area contributed by atoms with Gasteiger partial charge in [0.15, 0.2) is 0 Å². The van der Waals surface area contributed by atoms with Gasteiger partial charge in [-0.2, -0.15) is 4.31 Å². The van der Waals surface area contributed by atoms with Crippen molar-refractivity contribution in [3.8, 4) is 5.75 Å². The van der Waals surface area contributed by atoms with Crippen LogP contribution >= 0.6 is 0 Å². The number of aliphatic carboxylic acids is 1. The van der Waals surface area contributed by atoms with Gasteiger partial charge in [-0.3, -0.25) is 4.79 Å². The number of aliphatic hydroxyl groups excluding tert-OH is 2. The summed E-state index contributed by atoms with van der Waals surface area (Å²) in [5.41, 5.74) is 0.225. The second-order valence-electron chi connectivity index (χ2n) is 11.4. The Kier molecular flexibility index (Phi) is 9.86. The van der Waals surface area contributed by atoms with Crippen LogP contribution in [0, 0.1) is 0 Å². The molecule has 2 saturated heterocycles. The minimum Gasteiger partial charge on any atom is -0.491 e. The van der Waals surface area contributed by atoms with Crippen molar-refractivity contribution >= 4 is 31.7 Å². The Balaban J connectivity index is 1.13. The first-order valence-electron chi connectivity index (χ1n) is 14.5. The first kappa shape index (κ1) is 33.3. The van der Waals surface area contributed by atoms with Crippen molar-refractivity contribution < 1.29 is 46.4 Å². The van der Waals surface area contributed by atoms with Crippen LogP contribution in [0.2, 0.25) is 0 Å². The summed E-state index contributed by atoms with van der Waals surface area (Å²) in [6, 6.07) is 12.5. The van der Waals surface area contributed by atoms with E-state index in [9.17, 15) is 36.9 Å². The Hall–Kier alpha value is -3.09. The molecule has 16 heteroatoms. The molecule has 3 atom stereocenters. The molecular weight excluding hydrogens is 628 g/mol. The van der Waals surface area contributed by atoms with Gasteiger partial charge < -0.3 is 35.0 Å². The van der Waals surface area contributed by atoms with Gasteiger partial charge in [0.05, 0.1) is 17.1 Å². The number of nitrogens with zero attached hydrogens (tertiary/aromatic N) is 2. The lowest BCUT2D eigenvalue weighted by Gasteiger charge is -2.39. The minimum atomic E-state index is -4.11. The smallest absolute Gasteiger partial charge is 0.323 e. The Morgan fingerprint density at radius 3 is 2.58 bits per heavy atom. The lowest BCUT2D eigenvalue weighted by molar-refractivity contribution is -0.135. The molecular formula is C29H38N4O10S2. The monoisotopic (exact) mass is 666 g/mol. The molecule has 0 aliphatic carbocycles. The van der Waals surface area contributed by atoms with E-state index < -0.39 is 50.4 Å². The van der Waals surface area contributed by atoms with Crippen LogP contribution < -0.4 is 19.7 Å². The van der Waals surface area contributed by atoms with Crippen LogP contribution in [0.15, 0.2) is 64.5 Å². The van der Waals surface area contributed by atoms with Crippen molar-refractivity contribution in [2.24, 2.45) is 0 Å². The molecule has 0 bridgehead atoms. The maximum Gasteiger partial charge on any atom is 0.323 e. The summed E-state index contributed by atoms with van der Waals surface area (Å²) in [5.74, 6) is -0.825. The van der Waals surface area contributed by atoms with Crippen molar-refractivity contribution in [3.05, 3.63) is 65.2 Å². The number of carboxylic acid groups (broad SMARTS) is 1. The highest BCUT2D eigenvalue weighted by molar-refractivity contribution is 7.93. The number of ether oxygens (including phenoxy) is 2. The van der Waals surface area contributed by atoms with Crippen LogP contribution in [0.5, 0.6) is 5.75 Å². The van der Waals surface area contributed by atoms with Crippen molar-refractivity contribution in [3.63, 3.8) is 0 Å². The maximum absolute atomic E-state index is 13.7. The van der Waals surface area contributed by atoms with Gasteiger partial charge in [-0.05, 0) is 44.5 Å². The summed E-state index contributed by atoms with van der Waals surface area (Å²) in [5, 5.41) is 34.1. The van der Waals surface area contributed by atoms with Crippen LogP contribution in [0.4, 0.5) is 5.69 Å². The van der Waals surface area contributed by atoms with E-state index in [0.29, 0.717) is 42.9 Å². The molecule has 3 aliphatic rings. The molecule has 3 aliphatic heterocycles. The number of benzene rings is 2. The van der Waals surface area contributed by atoms with Crippen LogP contribution in [0.1, 0.15) is 30.9 Å². The first-order valence-corrected chi connectivity index (χ1v) is 17.4. The number of piperidine rings is 1. The second kappa shape index (κ2) is 13.3. The predicted octanol–water partition coefficient (Wildman–Crippen LogP) is 0.357. The van der Waals surface area contributed by atoms with Gasteiger partial charge in [0.2, 0.25) is 20.0 Å². The molecule has 1 unspecified atom stereocenters. The molecule has 0 radical (unpaired) electrons. The van der Waals surface area contributed by atoms with E-state index in [1.807, 2.05) is 0 Å². The van der Waals surface area contributed by atoms with E-state index in [-0.39, 0.29) is 42.1 Å². The predicted molar refractivity (Wildman–Crippen MR) is 163 cm³/mol. The fourth-order valence-electron chi connectivity index (χ4n) is 5.92. The highest BCUT2D eigenvalue weighted by Gasteiger charge is 2.46. The largest absolute Gasteiger partial charge is 0.491 e. The molecule has 5 rings (SSSR count). The van der Waals surface area contributed by atoms with Gasteiger partial charge >= 0.3 is 5.97 Å². The van der Waals surface area contributed by atoms with Gasteiger partial charge in [0.1, 0.15) is 36.0 Å². The van der Waals surface area contributed by atoms with Crippen molar-refractivity contribution in [1.29, 1.82) is 0 Å². The van der Waals surface area contributed by atoms with Gasteiger partial charge in [0, 0.05) is 49.2 Å². The number of hydrogen-bond donors (Lipinski definition) is 5. The molecule has 0 aromatic heterocycles. The fourth-order valence-corrected chi connectivity index (χ4v) is 8.32. The molecule has 2 aromatic rings. The van der Waals surface area contributed by atoms with E-state index in [1.165, 1.54) is 34.6 Å². The number of fused-ring (bicyclic) bond motifs is 1. The molecule has 1 spiro atoms. The molecule has 246 valence electrons. The average Bonchev–Trinajstić information content (AvgIpc) is 3.42. The third-order valence-electron chi connectivity index (χ3n) is 8.35. The number of aliphatic hydroxyl groups is 2. The van der Waals surface area contributed by atoms with E-state index in [2.05, 4.69) is 10.0 Å². The lowest BCUT2D eigenvalue weighted by atomic mass is 9.88. The number of carbonyl (C=O) groups is 1. The Bertz CT molecular complexity index is 1640. The summed E-state index contributed by atoms with van der Waals surface area (Å²) >= 11 is 0. The highest BCUT2D eigenvalue weighted by Crippen LogP contribution is 2.42. The molecule has 0 saturated carbocycles. The third kappa shape index (κ3) is 7.33.